The standard InChI is InChI=1S/C3H5F3O3S/c1-2(7,10(8)9)3(4,5)6/h7H,1H3,(H,8,9). The zero-order valence-corrected chi connectivity index (χ0v) is 5.66. The van der Waals surface area contributed by atoms with E-state index in [9.17, 15) is 17.4 Å². The lowest BCUT2D eigenvalue weighted by atomic mass is 10.4. The van der Waals surface area contributed by atoms with Gasteiger partial charge < -0.3 is 9.66 Å². The van der Waals surface area contributed by atoms with Crippen molar-refractivity contribution >= 4 is 11.1 Å². The van der Waals surface area contributed by atoms with Crippen molar-refractivity contribution in [2.75, 3.05) is 0 Å². The summed E-state index contributed by atoms with van der Waals surface area (Å²) in [6.45, 7) is 0.225. The molecule has 62 valence electrons. The average Bonchev–Trinajstić information content (AvgIpc) is 1.62. The van der Waals surface area contributed by atoms with Gasteiger partial charge in [0, 0.05) is 0 Å². The van der Waals surface area contributed by atoms with Gasteiger partial charge in [-0.25, -0.2) is 4.21 Å². The van der Waals surface area contributed by atoms with Crippen molar-refractivity contribution in [1.82, 2.24) is 0 Å². The smallest absolute Gasteiger partial charge is 0.368 e. The third-order valence-corrected chi connectivity index (χ3v) is 1.78. The predicted octanol–water partition coefficient (Wildman–Crippen LogP) is 0.479. The molecule has 2 unspecified atom stereocenters. The fourth-order valence-corrected chi connectivity index (χ4v) is 0.297. The maximum Gasteiger partial charge on any atom is 0.431 e. The van der Waals surface area contributed by atoms with Gasteiger partial charge in [-0.05, 0) is 6.92 Å². The van der Waals surface area contributed by atoms with Gasteiger partial charge in [0.15, 0.2) is 11.1 Å². The average molecular weight is 178 g/mol. The molecule has 0 bridgehead atoms. The van der Waals surface area contributed by atoms with Crippen LogP contribution in [0.15, 0.2) is 0 Å². The first kappa shape index (κ1) is 9.86. The lowest BCUT2D eigenvalue weighted by Crippen LogP contribution is -2.45. The molecule has 0 aromatic rings. The van der Waals surface area contributed by atoms with E-state index in [1.54, 1.807) is 0 Å². The summed E-state index contributed by atoms with van der Waals surface area (Å²) >= 11 is -3.31. The van der Waals surface area contributed by atoms with Gasteiger partial charge in [0.2, 0.25) is 0 Å². The van der Waals surface area contributed by atoms with Crippen LogP contribution in [0, 0.1) is 0 Å². The highest BCUT2D eigenvalue weighted by Gasteiger charge is 2.55. The Morgan fingerprint density at radius 2 is 1.70 bits per heavy atom. The number of rotatable bonds is 1. The van der Waals surface area contributed by atoms with E-state index in [0.29, 0.717) is 0 Å². The van der Waals surface area contributed by atoms with Gasteiger partial charge in [0.1, 0.15) is 0 Å². The van der Waals surface area contributed by atoms with Gasteiger partial charge in [0.25, 0.3) is 4.93 Å². The topological polar surface area (TPSA) is 57.5 Å². The fourth-order valence-electron chi connectivity index (χ4n) is 0.0990. The third-order valence-electron chi connectivity index (χ3n) is 0.866. The summed E-state index contributed by atoms with van der Waals surface area (Å²) in [6, 6.07) is 0. The number of alkyl halides is 3. The van der Waals surface area contributed by atoms with Crippen molar-refractivity contribution in [3.63, 3.8) is 0 Å². The Morgan fingerprint density at radius 1 is 1.40 bits per heavy atom. The molecule has 0 aromatic carbocycles. The molecule has 0 aliphatic rings. The quantitative estimate of drug-likeness (QED) is 0.574. The van der Waals surface area contributed by atoms with Crippen LogP contribution in [-0.4, -0.2) is 25.0 Å². The van der Waals surface area contributed by atoms with Crippen LogP contribution < -0.4 is 0 Å². The van der Waals surface area contributed by atoms with Crippen LogP contribution in [0.2, 0.25) is 0 Å². The molecule has 0 radical (unpaired) electrons. The summed E-state index contributed by atoms with van der Waals surface area (Å²) in [7, 11) is 0. The molecule has 7 heteroatoms. The Bertz CT molecular complexity index is 152. The first-order chi connectivity index (χ1) is 4.19. The zero-order valence-electron chi connectivity index (χ0n) is 4.84. The van der Waals surface area contributed by atoms with E-state index in [2.05, 4.69) is 0 Å². The minimum Gasteiger partial charge on any atom is -0.368 e. The summed E-state index contributed by atoms with van der Waals surface area (Å²) in [4.78, 5) is -3.53. The summed E-state index contributed by atoms with van der Waals surface area (Å²) in [6.07, 6.45) is -5.08. The summed E-state index contributed by atoms with van der Waals surface area (Å²) < 4.78 is 52.2. The van der Waals surface area contributed by atoms with E-state index in [1.807, 2.05) is 0 Å². The van der Waals surface area contributed by atoms with E-state index in [-0.39, 0.29) is 6.92 Å². The molecule has 0 spiro atoms. The van der Waals surface area contributed by atoms with Crippen LogP contribution in [0.1, 0.15) is 6.92 Å². The maximum atomic E-state index is 11.5. The van der Waals surface area contributed by atoms with Crippen molar-refractivity contribution < 1.29 is 27.0 Å². The molecule has 3 nitrogen and oxygen atoms in total. The highest BCUT2D eigenvalue weighted by atomic mass is 32.2. The van der Waals surface area contributed by atoms with Crippen molar-refractivity contribution in [2.24, 2.45) is 0 Å². The molecule has 0 aliphatic heterocycles. The predicted molar refractivity (Wildman–Crippen MR) is 27.4 cm³/mol. The van der Waals surface area contributed by atoms with Crippen molar-refractivity contribution in [2.45, 2.75) is 18.0 Å². The normalized spacial score (nSPS) is 21.8. The fraction of sp³-hybridized carbons (Fsp3) is 1.00. The molecule has 0 amide bonds. The van der Waals surface area contributed by atoms with Crippen LogP contribution in [0.3, 0.4) is 0 Å². The minimum absolute atomic E-state index is 0.225. The first-order valence-electron chi connectivity index (χ1n) is 2.09. The molecule has 0 fully saturated rings. The van der Waals surface area contributed by atoms with E-state index < -0.39 is 22.2 Å². The third kappa shape index (κ3) is 1.68. The van der Waals surface area contributed by atoms with Gasteiger partial charge in [-0.1, -0.05) is 0 Å². The van der Waals surface area contributed by atoms with Gasteiger partial charge >= 0.3 is 6.18 Å². The minimum atomic E-state index is -5.08. The molecular weight excluding hydrogens is 173 g/mol. The van der Waals surface area contributed by atoms with Crippen molar-refractivity contribution in [3.05, 3.63) is 0 Å². The Balaban J connectivity index is 4.57. The molecule has 0 heterocycles. The maximum absolute atomic E-state index is 11.5. The van der Waals surface area contributed by atoms with E-state index >= 15 is 0 Å². The molecule has 0 saturated heterocycles. The van der Waals surface area contributed by atoms with Crippen LogP contribution >= 0.6 is 0 Å². The second-order valence-electron chi connectivity index (χ2n) is 1.73. The largest absolute Gasteiger partial charge is 0.431 e. The lowest BCUT2D eigenvalue weighted by Gasteiger charge is -2.21. The zero-order chi connectivity index (χ0) is 8.58. The van der Waals surface area contributed by atoms with Crippen LogP contribution in [-0.2, 0) is 11.1 Å². The Morgan fingerprint density at radius 3 is 1.70 bits per heavy atom. The van der Waals surface area contributed by atoms with Crippen LogP contribution in [0.5, 0.6) is 0 Å². The molecule has 0 rings (SSSR count). The highest BCUT2D eigenvalue weighted by Crippen LogP contribution is 2.31. The Kier molecular flexibility index (Phi) is 2.44. The second kappa shape index (κ2) is 2.48. The number of halogens is 3. The van der Waals surface area contributed by atoms with Crippen molar-refractivity contribution in [1.29, 1.82) is 0 Å². The molecule has 0 saturated carbocycles. The molecule has 0 aromatic heterocycles. The lowest BCUT2D eigenvalue weighted by molar-refractivity contribution is -0.216. The summed E-state index contributed by atoms with van der Waals surface area (Å²) in [5.74, 6) is 0. The Hall–Kier alpha value is -0.140. The molecular formula is C3H5F3O3S. The van der Waals surface area contributed by atoms with Crippen LogP contribution in [0.25, 0.3) is 0 Å². The van der Waals surface area contributed by atoms with E-state index in [0.717, 1.165) is 0 Å². The second-order valence-corrected chi connectivity index (χ2v) is 3.02. The highest BCUT2D eigenvalue weighted by molar-refractivity contribution is 7.80. The van der Waals surface area contributed by atoms with Crippen LogP contribution in [0.4, 0.5) is 13.2 Å². The summed E-state index contributed by atoms with van der Waals surface area (Å²) in [5.41, 5.74) is 0. The van der Waals surface area contributed by atoms with Gasteiger partial charge in [-0.2, -0.15) is 13.2 Å². The molecule has 10 heavy (non-hydrogen) atoms. The summed E-state index contributed by atoms with van der Waals surface area (Å²) in [5, 5.41) is 8.25. The number of hydrogen-bond donors (Lipinski definition) is 2. The molecule has 2 atom stereocenters. The van der Waals surface area contributed by atoms with Crippen molar-refractivity contribution in [3.8, 4) is 0 Å². The number of hydrogen-bond acceptors (Lipinski definition) is 2. The monoisotopic (exact) mass is 178 g/mol. The molecule has 2 N–H and O–H groups in total. The van der Waals surface area contributed by atoms with Gasteiger partial charge in [0.05, 0.1) is 0 Å². The first-order valence-corrected chi connectivity index (χ1v) is 3.20. The van der Waals surface area contributed by atoms with E-state index in [4.69, 9.17) is 9.66 Å². The molecule has 0 aliphatic carbocycles. The van der Waals surface area contributed by atoms with Gasteiger partial charge in [-0.3, -0.25) is 0 Å². The Labute approximate surface area is 57.1 Å². The van der Waals surface area contributed by atoms with E-state index in [1.165, 1.54) is 0 Å². The number of aliphatic hydroxyl groups is 1. The van der Waals surface area contributed by atoms with Gasteiger partial charge in [-0.15, -0.1) is 0 Å². The SMILES string of the molecule is CC(O)(S(=O)O)C(F)(F)F.